The van der Waals surface area contributed by atoms with Gasteiger partial charge in [-0.3, -0.25) is 4.79 Å². The van der Waals surface area contributed by atoms with Crippen LogP contribution in [0.25, 0.3) is 0 Å². The lowest BCUT2D eigenvalue weighted by Crippen LogP contribution is -2.13. The number of phenolic OH excluding ortho intramolecular Hbond substituents is 1. The van der Waals surface area contributed by atoms with Gasteiger partial charge in [-0.25, -0.2) is 0 Å². The molecule has 1 amide bonds. The SMILES string of the molecule is CC(O)c1ccccc1NC(=O)c1ccc(O)cc1. The number of hydrogen-bond acceptors (Lipinski definition) is 3. The molecule has 2 rings (SSSR count). The highest BCUT2D eigenvalue weighted by atomic mass is 16.3. The highest BCUT2D eigenvalue weighted by molar-refractivity contribution is 6.04. The second-order valence-electron chi connectivity index (χ2n) is 4.26. The Labute approximate surface area is 111 Å². The molecule has 0 saturated carbocycles. The summed E-state index contributed by atoms with van der Waals surface area (Å²) in [5.41, 5.74) is 1.68. The van der Waals surface area contributed by atoms with Crippen molar-refractivity contribution in [3.63, 3.8) is 0 Å². The molecule has 0 radical (unpaired) electrons. The quantitative estimate of drug-likeness (QED) is 0.791. The number of carbonyl (C=O) groups is 1. The van der Waals surface area contributed by atoms with Gasteiger partial charge in [0.05, 0.1) is 6.10 Å². The third-order valence-electron chi connectivity index (χ3n) is 2.79. The standard InChI is InChI=1S/C15H15NO3/c1-10(17)13-4-2-3-5-14(13)16-15(19)11-6-8-12(18)9-7-11/h2-10,17-18H,1H3,(H,16,19). The van der Waals surface area contributed by atoms with Crippen molar-refractivity contribution in [3.05, 3.63) is 59.7 Å². The zero-order chi connectivity index (χ0) is 13.8. The van der Waals surface area contributed by atoms with Gasteiger partial charge >= 0.3 is 0 Å². The average molecular weight is 257 g/mol. The molecule has 0 bridgehead atoms. The van der Waals surface area contributed by atoms with Gasteiger partial charge in [-0.15, -0.1) is 0 Å². The van der Waals surface area contributed by atoms with E-state index in [2.05, 4.69) is 5.32 Å². The molecule has 0 saturated heterocycles. The van der Waals surface area contributed by atoms with E-state index in [1.165, 1.54) is 24.3 Å². The maximum atomic E-state index is 12.0. The Hall–Kier alpha value is -2.33. The zero-order valence-corrected chi connectivity index (χ0v) is 10.5. The van der Waals surface area contributed by atoms with Crippen LogP contribution < -0.4 is 5.32 Å². The Morgan fingerprint density at radius 3 is 2.37 bits per heavy atom. The molecule has 0 heterocycles. The lowest BCUT2D eigenvalue weighted by Gasteiger charge is -2.13. The Morgan fingerprint density at radius 2 is 1.74 bits per heavy atom. The number of hydrogen-bond donors (Lipinski definition) is 3. The van der Waals surface area contributed by atoms with E-state index < -0.39 is 6.10 Å². The predicted molar refractivity (Wildman–Crippen MR) is 73.1 cm³/mol. The Morgan fingerprint density at radius 1 is 1.11 bits per heavy atom. The fourth-order valence-electron chi connectivity index (χ4n) is 1.78. The van der Waals surface area contributed by atoms with Crippen molar-refractivity contribution in [1.82, 2.24) is 0 Å². The molecule has 0 aliphatic heterocycles. The first kappa shape index (κ1) is 13.1. The number of aliphatic hydroxyl groups excluding tert-OH is 1. The second-order valence-corrected chi connectivity index (χ2v) is 4.26. The molecular formula is C15H15NO3. The van der Waals surface area contributed by atoms with Gasteiger partial charge in [0.25, 0.3) is 5.91 Å². The van der Waals surface area contributed by atoms with Gasteiger partial charge in [-0.1, -0.05) is 18.2 Å². The minimum absolute atomic E-state index is 0.112. The van der Waals surface area contributed by atoms with Crippen LogP contribution in [0.3, 0.4) is 0 Å². The third kappa shape index (κ3) is 3.11. The first-order chi connectivity index (χ1) is 9.08. The largest absolute Gasteiger partial charge is 0.508 e. The van der Waals surface area contributed by atoms with Crippen molar-refractivity contribution in [2.75, 3.05) is 5.32 Å². The molecule has 0 fully saturated rings. The molecule has 0 aromatic heterocycles. The number of nitrogens with one attached hydrogen (secondary N) is 1. The van der Waals surface area contributed by atoms with Crippen LogP contribution >= 0.6 is 0 Å². The number of rotatable bonds is 3. The summed E-state index contributed by atoms with van der Waals surface area (Å²) in [6, 6.07) is 13.1. The monoisotopic (exact) mass is 257 g/mol. The van der Waals surface area contributed by atoms with E-state index in [9.17, 15) is 15.0 Å². The Balaban J connectivity index is 2.22. The fraction of sp³-hybridized carbons (Fsp3) is 0.133. The average Bonchev–Trinajstić information content (AvgIpc) is 2.39. The van der Waals surface area contributed by atoms with Gasteiger partial charge < -0.3 is 15.5 Å². The van der Waals surface area contributed by atoms with E-state index in [0.29, 0.717) is 16.8 Å². The molecule has 0 aliphatic carbocycles. The maximum absolute atomic E-state index is 12.0. The van der Waals surface area contributed by atoms with Crippen LogP contribution in [0.2, 0.25) is 0 Å². The van der Waals surface area contributed by atoms with E-state index in [-0.39, 0.29) is 11.7 Å². The topological polar surface area (TPSA) is 69.6 Å². The Bertz CT molecular complexity index is 576. The van der Waals surface area contributed by atoms with Crippen LogP contribution in [0.15, 0.2) is 48.5 Å². The molecule has 2 aromatic rings. The smallest absolute Gasteiger partial charge is 0.255 e. The van der Waals surface area contributed by atoms with Crippen LogP contribution in [0, 0.1) is 0 Å². The van der Waals surface area contributed by atoms with Crippen LogP contribution in [-0.2, 0) is 0 Å². The second kappa shape index (κ2) is 5.54. The summed E-state index contributed by atoms with van der Waals surface area (Å²) in [5, 5.41) is 21.6. The molecule has 1 unspecified atom stereocenters. The first-order valence-electron chi connectivity index (χ1n) is 5.95. The van der Waals surface area contributed by atoms with Crippen LogP contribution in [0.5, 0.6) is 5.75 Å². The van der Waals surface area contributed by atoms with Crippen LogP contribution in [0.4, 0.5) is 5.69 Å². The lowest BCUT2D eigenvalue weighted by molar-refractivity contribution is 0.102. The molecule has 4 nitrogen and oxygen atoms in total. The summed E-state index contributed by atoms with van der Waals surface area (Å²) < 4.78 is 0. The molecule has 0 spiro atoms. The molecule has 98 valence electrons. The minimum Gasteiger partial charge on any atom is -0.508 e. The molecule has 0 aliphatic rings. The van der Waals surface area contributed by atoms with E-state index in [1.807, 2.05) is 0 Å². The number of anilines is 1. The summed E-state index contributed by atoms with van der Waals surface area (Å²) in [5.74, 6) is -0.172. The molecule has 2 aromatic carbocycles. The number of amides is 1. The van der Waals surface area contributed by atoms with Crippen molar-refractivity contribution in [1.29, 1.82) is 0 Å². The summed E-state index contributed by atoms with van der Waals surface area (Å²) in [6.07, 6.45) is -0.656. The minimum atomic E-state index is -0.656. The van der Waals surface area contributed by atoms with Gasteiger partial charge in [-0.05, 0) is 37.3 Å². The number of phenols is 1. The maximum Gasteiger partial charge on any atom is 0.255 e. The molecule has 3 N–H and O–H groups in total. The highest BCUT2D eigenvalue weighted by Crippen LogP contribution is 2.23. The normalized spacial score (nSPS) is 11.9. The summed E-state index contributed by atoms with van der Waals surface area (Å²) in [6.45, 7) is 1.64. The van der Waals surface area contributed by atoms with Gasteiger partial charge in [0.1, 0.15) is 5.75 Å². The van der Waals surface area contributed by atoms with Gasteiger partial charge in [0.2, 0.25) is 0 Å². The number of para-hydroxylation sites is 1. The van der Waals surface area contributed by atoms with E-state index in [1.54, 1.807) is 31.2 Å². The summed E-state index contributed by atoms with van der Waals surface area (Å²) in [7, 11) is 0. The molecule has 1 atom stereocenters. The van der Waals surface area contributed by atoms with Crippen LogP contribution in [-0.4, -0.2) is 16.1 Å². The number of carbonyl (C=O) groups excluding carboxylic acids is 1. The lowest BCUT2D eigenvalue weighted by atomic mass is 10.1. The van der Waals surface area contributed by atoms with Gasteiger partial charge in [0, 0.05) is 16.8 Å². The fourth-order valence-corrected chi connectivity index (χ4v) is 1.78. The Kier molecular flexibility index (Phi) is 3.82. The van der Waals surface area contributed by atoms with E-state index in [0.717, 1.165) is 0 Å². The van der Waals surface area contributed by atoms with Gasteiger partial charge in [0.15, 0.2) is 0 Å². The predicted octanol–water partition coefficient (Wildman–Crippen LogP) is 2.70. The van der Waals surface area contributed by atoms with Gasteiger partial charge in [-0.2, -0.15) is 0 Å². The summed E-state index contributed by atoms with van der Waals surface area (Å²) >= 11 is 0. The van der Waals surface area contributed by atoms with Crippen molar-refractivity contribution < 1.29 is 15.0 Å². The molecule has 19 heavy (non-hydrogen) atoms. The van der Waals surface area contributed by atoms with Crippen molar-refractivity contribution in [3.8, 4) is 5.75 Å². The third-order valence-corrected chi connectivity index (χ3v) is 2.79. The van der Waals surface area contributed by atoms with Crippen molar-refractivity contribution in [2.24, 2.45) is 0 Å². The van der Waals surface area contributed by atoms with Crippen molar-refractivity contribution >= 4 is 11.6 Å². The van der Waals surface area contributed by atoms with E-state index >= 15 is 0 Å². The number of aliphatic hydroxyl groups is 1. The number of benzene rings is 2. The first-order valence-corrected chi connectivity index (χ1v) is 5.95. The number of aromatic hydroxyl groups is 1. The zero-order valence-electron chi connectivity index (χ0n) is 10.5. The summed E-state index contributed by atoms with van der Waals surface area (Å²) in [4.78, 5) is 12.0. The van der Waals surface area contributed by atoms with Crippen molar-refractivity contribution in [2.45, 2.75) is 13.0 Å². The van der Waals surface area contributed by atoms with Crippen LogP contribution in [0.1, 0.15) is 28.9 Å². The molecular weight excluding hydrogens is 242 g/mol. The van der Waals surface area contributed by atoms with E-state index in [4.69, 9.17) is 0 Å². The highest BCUT2D eigenvalue weighted by Gasteiger charge is 2.11. The molecule has 4 heteroatoms.